The van der Waals surface area contributed by atoms with Crippen LogP contribution in [0.4, 0.5) is 10.1 Å². The predicted octanol–water partition coefficient (Wildman–Crippen LogP) is 2.76. The van der Waals surface area contributed by atoms with Crippen LogP contribution >= 0.6 is 22.6 Å². The molecule has 0 aliphatic carbocycles. The molecule has 1 rings (SSSR count). The summed E-state index contributed by atoms with van der Waals surface area (Å²) in [6.45, 7) is 5.55. The van der Waals surface area contributed by atoms with E-state index in [4.69, 9.17) is 0 Å². The smallest absolute Gasteiger partial charge is 0.242 e. The molecule has 94 valence electrons. The van der Waals surface area contributed by atoms with Crippen LogP contribution in [-0.2, 0) is 4.79 Å². The molecule has 0 aromatic heterocycles. The van der Waals surface area contributed by atoms with Gasteiger partial charge in [0.1, 0.15) is 11.9 Å². The first-order valence-electron chi connectivity index (χ1n) is 5.42. The SMILES string of the molecule is CC(C)NC(=O)C(C)Nc1cccc(F)c1I. The molecule has 0 bridgehead atoms. The van der Waals surface area contributed by atoms with Crippen molar-refractivity contribution < 1.29 is 9.18 Å². The zero-order valence-electron chi connectivity index (χ0n) is 10.1. The second-order valence-electron chi connectivity index (χ2n) is 4.13. The lowest BCUT2D eigenvalue weighted by Crippen LogP contribution is -2.41. The maximum Gasteiger partial charge on any atom is 0.242 e. The second-order valence-corrected chi connectivity index (χ2v) is 5.21. The number of benzene rings is 1. The van der Waals surface area contributed by atoms with Gasteiger partial charge in [-0.1, -0.05) is 6.07 Å². The fourth-order valence-electron chi connectivity index (χ4n) is 1.32. The minimum Gasteiger partial charge on any atom is -0.373 e. The van der Waals surface area contributed by atoms with Crippen LogP contribution in [0, 0.1) is 9.39 Å². The molecular formula is C12H16FIN2O. The predicted molar refractivity (Wildman–Crippen MR) is 75.5 cm³/mol. The van der Waals surface area contributed by atoms with Crippen molar-refractivity contribution in [1.29, 1.82) is 0 Å². The fourth-order valence-corrected chi connectivity index (χ4v) is 1.84. The van der Waals surface area contributed by atoms with E-state index in [2.05, 4.69) is 10.6 Å². The lowest BCUT2D eigenvalue weighted by molar-refractivity contribution is -0.122. The molecule has 0 spiro atoms. The third-order valence-electron chi connectivity index (χ3n) is 2.15. The third-order valence-corrected chi connectivity index (χ3v) is 3.24. The molecule has 3 nitrogen and oxygen atoms in total. The Labute approximate surface area is 114 Å². The molecule has 0 radical (unpaired) electrons. The summed E-state index contributed by atoms with van der Waals surface area (Å²) in [4.78, 5) is 11.7. The Morgan fingerprint density at radius 2 is 2.00 bits per heavy atom. The topological polar surface area (TPSA) is 41.1 Å². The Bertz CT molecular complexity index is 409. The van der Waals surface area contributed by atoms with Gasteiger partial charge in [-0.2, -0.15) is 0 Å². The number of rotatable bonds is 4. The standard InChI is InChI=1S/C12H16FIN2O/c1-7(2)15-12(17)8(3)16-10-6-4-5-9(13)11(10)14/h4-8,16H,1-3H3,(H,15,17). The molecule has 0 heterocycles. The van der Waals surface area contributed by atoms with Gasteiger partial charge in [-0.3, -0.25) is 4.79 Å². The van der Waals surface area contributed by atoms with Gasteiger partial charge in [0.05, 0.1) is 9.26 Å². The Morgan fingerprint density at radius 3 is 2.59 bits per heavy atom. The summed E-state index contributed by atoms with van der Waals surface area (Å²) < 4.78 is 13.8. The van der Waals surface area contributed by atoms with Gasteiger partial charge in [-0.05, 0) is 55.5 Å². The van der Waals surface area contributed by atoms with Gasteiger partial charge < -0.3 is 10.6 Å². The second kappa shape index (κ2) is 6.18. The summed E-state index contributed by atoms with van der Waals surface area (Å²) in [5.41, 5.74) is 0.636. The molecule has 0 aliphatic rings. The molecule has 0 saturated heterocycles. The quantitative estimate of drug-likeness (QED) is 0.820. The molecular weight excluding hydrogens is 334 g/mol. The summed E-state index contributed by atoms with van der Waals surface area (Å²) >= 11 is 1.92. The van der Waals surface area contributed by atoms with Crippen LogP contribution in [0.15, 0.2) is 18.2 Å². The van der Waals surface area contributed by atoms with E-state index < -0.39 is 6.04 Å². The first kappa shape index (κ1) is 14.2. The fraction of sp³-hybridized carbons (Fsp3) is 0.417. The average Bonchev–Trinajstić information content (AvgIpc) is 2.23. The van der Waals surface area contributed by atoms with Crippen molar-refractivity contribution >= 4 is 34.2 Å². The van der Waals surface area contributed by atoms with Crippen LogP contribution in [0.5, 0.6) is 0 Å². The van der Waals surface area contributed by atoms with E-state index in [1.54, 1.807) is 19.1 Å². The van der Waals surface area contributed by atoms with E-state index >= 15 is 0 Å². The van der Waals surface area contributed by atoms with Gasteiger partial charge in [0, 0.05) is 6.04 Å². The highest BCUT2D eigenvalue weighted by atomic mass is 127. The van der Waals surface area contributed by atoms with Crippen molar-refractivity contribution in [3.63, 3.8) is 0 Å². The van der Waals surface area contributed by atoms with Gasteiger partial charge in [-0.15, -0.1) is 0 Å². The van der Waals surface area contributed by atoms with Crippen LogP contribution in [0.3, 0.4) is 0 Å². The third kappa shape index (κ3) is 4.14. The summed E-state index contributed by atoms with van der Waals surface area (Å²) in [6.07, 6.45) is 0. The van der Waals surface area contributed by atoms with Crippen molar-refractivity contribution in [3.05, 3.63) is 27.6 Å². The van der Waals surface area contributed by atoms with Gasteiger partial charge in [0.2, 0.25) is 5.91 Å². The zero-order valence-corrected chi connectivity index (χ0v) is 12.2. The summed E-state index contributed by atoms with van der Waals surface area (Å²) in [5.74, 6) is -0.382. The van der Waals surface area contributed by atoms with Crippen LogP contribution in [-0.4, -0.2) is 18.0 Å². The number of hydrogen-bond donors (Lipinski definition) is 2. The Balaban J connectivity index is 2.71. The van der Waals surface area contributed by atoms with Crippen molar-refractivity contribution in [1.82, 2.24) is 5.32 Å². The first-order chi connectivity index (χ1) is 7.91. The Kier molecular flexibility index (Phi) is 5.17. The monoisotopic (exact) mass is 350 g/mol. The molecule has 0 saturated carbocycles. The summed E-state index contributed by atoms with van der Waals surface area (Å²) in [7, 11) is 0. The van der Waals surface area contributed by atoms with E-state index in [9.17, 15) is 9.18 Å². The number of hydrogen-bond acceptors (Lipinski definition) is 2. The number of carbonyl (C=O) groups excluding carboxylic acids is 1. The number of anilines is 1. The maximum atomic E-state index is 13.3. The molecule has 0 fully saturated rings. The van der Waals surface area contributed by atoms with Crippen LogP contribution < -0.4 is 10.6 Å². The largest absolute Gasteiger partial charge is 0.373 e. The molecule has 1 amide bonds. The van der Waals surface area contributed by atoms with Gasteiger partial charge >= 0.3 is 0 Å². The molecule has 1 atom stereocenters. The molecule has 2 N–H and O–H groups in total. The lowest BCUT2D eigenvalue weighted by Gasteiger charge is -2.18. The molecule has 1 aromatic carbocycles. The molecule has 1 aromatic rings. The van der Waals surface area contributed by atoms with Gasteiger partial charge in [0.15, 0.2) is 0 Å². The number of halogens is 2. The van der Waals surface area contributed by atoms with Gasteiger partial charge in [-0.25, -0.2) is 4.39 Å². The van der Waals surface area contributed by atoms with E-state index in [0.29, 0.717) is 9.26 Å². The van der Waals surface area contributed by atoms with E-state index in [-0.39, 0.29) is 17.8 Å². The number of nitrogens with one attached hydrogen (secondary N) is 2. The van der Waals surface area contributed by atoms with E-state index in [0.717, 1.165) is 0 Å². The molecule has 5 heteroatoms. The van der Waals surface area contributed by atoms with Crippen molar-refractivity contribution in [2.24, 2.45) is 0 Å². The van der Waals surface area contributed by atoms with E-state index in [1.165, 1.54) is 6.07 Å². The van der Waals surface area contributed by atoms with Crippen LogP contribution in [0.25, 0.3) is 0 Å². The first-order valence-corrected chi connectivity index (χ1v) is 6.50. The lowest BCUT2D eigenvalue weighted by atomic mass is 10.2. The summed E-state index contributed by atoms with van der Waals surface area (Å²) in [6, 6.07) is 4.47. The average molecular weight is 350 g/mol. The Morgan fingerprint density at radius 1 is 1.35 bits per heavy atom. The summed E-state index contributed by atoms with van der Waals surface area (Å²) in [5, 5.41) is 5.80. The molecule has 17 heavy (non-hydrogen) atoms. The molecule has 0 aliphatic heterocycles. The van der Waals surface area contributed by atoms with Crippen LogP contribution in [0.2, 0.25) is 0 Å². The minimum absolute atomic E-state index is 0.0957. The highest BCUT2D eigenvalue weighted by Gasteiger charge is 2.15. The van der Waals surface area contributed by atoms with Crippen molar-refractivity contribution in [2.45, 2.75) is 32.9 Å². The minimum atomic E-state index is -0.396. The van der Waals surface area contributed by atoms with Gasteiger partial charge in [0.25, 0.3) is 0 Å². The number of amides is 1. The Hall–Kier alpha value is -0.850. The highest BCUT2D eigenvalue weighted by molar-refractivity contribution is 14.1. The highest BCUT2D eigenvalue weighted by Crippen LogP contribution is 2.21. The zero-order chi connectivity index (χ0) is 13.0. The maximum absolute atomic E-state index is 13.3. The molecule has 1 unspecified atom stereocenters. The number of carbonyl (C=O) groups is 1. The van der Waals surface area contributed by atoms with Crippen LogP contribution in [0.1, 0.15) is 20.8 Å². The van der Waals surface area contributed by atoms with Crippen molar-refractivity contribution in [2.75, 3.05) is 5.32 Å². The normalized spacial score (nSPS) is 12.4. The van der Waals surface area contributed by atoms with Crippen molar-refractivity contribution in [3.8, 4) is 0 Å². The van der Waals surface area contributed by atoms with E-state index in [1.807, 2.05) is 36.4 Å².